The third-order valence-corrected chi connectivity index (χ3v) is 11.9. The van der Waals surface area contributed by atoms with Crippen LogP contribution in [0.15, 0.2) is 134 Å². The first-order valence-corrected chi connectivity index (χ1v) is 28.9. The Morgan fingerprint density at radius 1 is 0.451 bits per heavy atom. The highest BCUT2D eigenvalue weighted by Crippen LogP contribution is 2.43. The van der Waals surface area contributed by atoms with Crippen molar-refractivity contribution < 1.29 is 42.1 Å². The van der Waals surface area contributed by atoms with Crippen molar-refractivity contribution in [2.75, 3.05) is 47.5 Å². The van der Waals surface area contributed by atoms with Gasteiger partial charge in [-0.05, 0) is 109 Å². The number of ether oxygens (including phenoxy) is 2. The van der Waals surface area contributed by atoms with E-state index < -0.39 is 32.5 Å². The highest BCUT2D eigenvalue weighted by molar-refractivity contribution is 7.47. The molecule has 1 N–H and O–H groups in total. The maximum absolute atomic E-state index is 12.8. The number of unbranched alkanes of at least 4 members (excludes halogenated alkanes) is 12. The van der Waals surface area contributed by atoms with Crippen molar-refractivity contribution >= 4 is 19.8 Å². The molecular formula is C61H101NO8P+. The molecule has 2 unspecified atom stereocenters. The number of rotatable bonds is 48. The van der Waals surface area contributed by atoms with Crippen molar-refractivity contribution in [1.82, 2.24) is 0 Å². The minimum absolute atomic E-state index is 0.0174. The molecule has 2 atom stereocenters. The fourth-order valence-corrected chi connectivity index (χ4v) is 7.41. The van der Waals surface area contributed by atoms with E-state index in [1.807, 2.05) is 21.1 Å². The molecule has 0 radical (unpaired) electrons. The molecule has 0 aromatic carbocycles. The highest BCUT2D eigenvalue weighted by atomic mass is 31.2. The molecule has 71 heavy (non-hydrogen) atoms. The summed E-state index contributed by atoms with van der Waals surface area (Å²) in [5, 5.41) is 0. The Kier molecular flexibility index (Phi) is 48.3. The fraction of sp³-hybridized carbons (Fsp3) is 0.607. The van der Waals surface area contributed by atoms with E-state index in [1.54, 1.807) is 0 Å². The number of quaternary nitrogens is 1. The summed E-state index contributed by atoms with van der Waals surface area (Å²) in [5.41, 5.74) is 0. The van der Waals surface area contributed by atoms with Crippen LogP contribution in [0.3, 0.4) is 0 Å². The maximum atomic E-state index is 12.8. The molecule has 0 heterocycles. The van der Waals surface area contributed by atoms with Crippen molar-refractivity contribution in [2.45, 2.75) is 193 Å². The zero-order valence-corrected chi connectivity index (χ0v) is 46.3. The van der Waals surface area contributed by atoms with Crippen molar-refractivity contribution in [3.05, 3.63) is 134 Å². The summed E-state index contributed by atoms with van der Waals surface area (Å²) in [6.07, 6.45) is 73.7. The van der Waals surface area contributed by atoms with E-state index in [2.05, 4.69) is 148 Å². The summed E-state index contributed by atoms with van der Waals surface area (Å²) in [6.45, 7) is 4.20. The van der Waals surface area contributed by atoms with Gasteiger partial charge in [-0.1, -0.05) is 199 Å². The van der Waals surface area contributed by atoms with Gasteiger partial charge in [0.15, 0.2) is 6.10 Å². The van der Waals surface area contributed by atoms with E-state index in [9.17, 15) is 19.0 Å². The number of esters is 2. The van der Waals surface area contributed by atoms with Crippen LogP contribution in [0, 0.1) is 0 Å². The number of allylic oxidation sites excluding steroid dienone is 22. The lowest BCUT2D eigenvalue weighted by atomic mass is 10.1. The molecule has 0 saturated heterocycles. The number of hydrogen-bond acceptors (Lipinski definition) is 7. The SMILES string of the molecule is CC/C=C\C/C=C\C/C=C\C/C=C\C/C=C\C/C=C\C/C=C\C/C=C\C/C=C\CCCCCCCC(=O)OC(COC(=O)CCCCCCC/C=C\C/C=C\CCCC)COP(=O)(O)OCC[N+](C)(C)C. The summed E-state index contributed by atoms with van der Waals surface area (Å²) in [5.74, 6) is -0.849. The van der Waals surface area contributed by atoms with Crippen LogP contribution in [-0.2, 0) is 32.7 Å². The van der Waals surface area contributed by atoms with Gasteiger partial charge in [-0.15, -0.1) is 0 Å². The van der Waals surface area contributed by atoms with Crippen molar-refractivity contribution in [1.29, 1.82) is 0 Å². The standard InChI is InChI=1S/C61H100NO8P/c1-6-8-10-12-14-16-18-20-22-23-24-25-26-27-28-29-30-31-32-33-34-35-36-37-38-39-40-42-44-46-48-50-52-54-61(64)70-59(58-69-71(65,66)68-56-55-62(3,4)5)57-67-60(63)53-51-49-47-45-43-41-21-19-17-15-13-11-9-7-2/h8,10,13-16,19-22,24-25,27-28,30-31,33-34,36-37,39-40,59H,6-7,9,11-12,17-18,23,26,29,32,35,38,41-58H2,1-5H3/p+1/b10-8-,15-13-,16-14-,21-19-,22-20-,25-24-,28-27-,31-30-,34-33-,37-36-,40-39-. The van der Waals surface area contributed by atoms with Gasteiger partial charge in [0.05, 0.1) is 27.7 Å². The molecule has 0 bridgehead atoms. The van der Waals surface area contributed by atoms with Gasteiger partial charge >= 0.3 is 19.8 Å². The van der Waals surface area contributed by atoms with E-state index in [4.69, 9.17) is 18.5 Å². The van der Waals surface area contributed by atoms with Gasteiger partial charge in [0.2, 0.25) is 0 Å². The molecule has 0 aliphatic rings. The van der Waals surface area contributed by atoms with Crippen LogP contribution in [0.5, 0.6) is 0 Å². The van der Waals surface area contributed by atoms with Crippen LogP contribution in [0.2, 0.25) is 0 Å². The van der Waals surface area contributed by atoms with Crippen molar-refractivity contribution in [2.24, 2.45) is 0 Å². The second-order valence-corrected chi connectivity index (χ2v) is 20.3. The minimum Gasteiger partial charge on any atom is -0.462 e. The van der Waals surface area contributed by atoms with Gasteiger partial charge in [-0.2, -0.15) is 0 Å². The van der Waals surface area contributed by atoms with E-state index >= 15 is 0 Å². The molecule has 0 rings (SSSR count). The van der Waals surface area contributed by atoms with E-state index in [-0.39, 0.29) is 26.1 Å². The molecular weight excluding hydrogens is 906 g/mol. The number of carbonyl (C=O) groups is 2. The number of nitrogens with zero attached hydrogens (tertiary/aromatic N) is 1. The van der Waals surface area contributed by atoms with Crippen LogP contribution in [-0.4, -0.2) is 74.9 Å². The predicted octanol–water partition coefficient (Wildman–Crippen LogP) is 17.0. The van der Waals surface area contributed by atoms with E-state index in [0.29, 0.717) is 23.9 Å². The zero-order valence-electron chi connectivity index (χ0n) is 45.4. The van der Waals surface area contributed by atoms with Crippen LogP contribution in [0.1, 0.15) is 187 Å². The molecule has 0 spiro atoms. The number of phosphoric ester groups is 1. The first-order chi connectivity index (χ1) is 34.5. The van der Waals surface area contributed by atoms with E-state index in [1.165, 1.54) is 12.8 Å². The summed E-state index contributed by atoms with van der Waals surface area (Å²) < 4.78 is 34.4. The lowest BCUT2D eigenvalue weighted by Gasteiger charge is -2.24. The Morgan fingerprint density at radius 2 is 0.803 bits per heavy atom. The second-order valence-electron chi connectivity index (χ2n) is 18.9. The average molecular weight is 1010 g/mol. The Labute approximate surface area is 434 Å². The predicted molar refractivity (Wildman–Crippen MR) is 302 cm³/mol. The number of carbonyl (C=O) groups excluding carboxylic acids is 2. The highest BCUT2D eigenvalue weighted by Gasteiger charge is 2.27. The number of phosphoric acid groups is 1. The van der Waals surface area contributed by atoms with Gasteiger partial charge in [-0.3, -0.25) is 18.6 Å². The van der Waals surface area contributed by atoms with Gasteiger partial charge in [0, 0.05) is 12.8 Å². The molecule has 10 heteroatoms. The molecule has 0 aliphatic carbocycles. The van der Waals surface area contributed by atoms with E-state index in [0.717, 1.165) is 135 Å². The van der Waals surface area contributed by atoms with Crippen molar-refractivity contribution in [3.8, 4) is 0 Å². The maximum Gasteiger partial charge on any atom is 0.472 e. The normalized spacial score (nSPS) is 14.4. The summed E-state index contributed by atoms with van der Waals surface area (Å²) >= 11 is 0. The van der Waals surface area contributed by atoms with Crippen LogP contribution in [0.25, 0.3) is 0 Å². The van der Waals surface area contributed by atoms with Gasteiger partial charge < -0.3 is 18.9 Å². The quantitative estimate of drug-likeness (QED) is 0.0211. The summed E-state index contributed by atoms with van der Waals surface area (Å²) in [4.78, 5) is 35.6. The smallest absolute Gasteiger partial charge is 0.462 e. The Hall–Kier alpha value is -3.85. The molecule has 402 valence electrons. The monoisotopic (exact) mass is 1010 g/mol. The average Bonchev–Trinajstić information content (AvgIpc) is 3.33. The lowest BCUT2D eigenvalue weighted by molar-refractivity contribution is -0.870. The summed E-state index contributed by atoms with van der Waals surface area (Å²) in [6, 6.07) is 0. The zero-order chi connectivity index (χ0) is 52.0. The minimum atomic E-state index is -4.40. The van der Waals surface area contributed by atoms with Crippen molar-refractivity contribution in [3.63, 3.8) is 0 Å². The molecule has 0 aliphatic heterocycles. The molecule has 0 aromatic heterocycles. The third kappa shape index (κ3) is 55.3. The topological polar surface area (TPSA) is 108 Å². The Balaban J connectivity index is 4.26. The molecule has 9 nitrogen and oxygen atoms in total. The Morgan fingerprint density at radius 3 is 1.20 bits per heavy atom. The number of hydrogen-bond donors (Lipinski definition) is 1. The van der Waals surface area contributed by atoms with Crippen LogP contribution in [0.4, 0.5) is 0 Å². The van der Waals surface area contributed by atoms with Gasteiger partial charge in [0.1, 0.15) is 19.8 Å². The first kappa shape index (κ1) is 67.1. The van der Waals surface area contributed by atoms with Gasteiger partial charge in [0.25, 0.3) is 0 Å². The fourth-order valence-electron chi connectivity index (χ4n) is 6.67. The van der Waals surface area contributed by atoms with Gasteiger partial charge in [-0.25, -0.2) is 4.57 Å². The summed E-state index contributed by atoms with van der Waals surface area (Å²) in [7, 11) is 1.43. The third-order valence-electron chi connectivity index (χ3n) is 10.9. The molecule has 0 aromatic rings. The van der Waals surface area contributed by atoms with Crippen LogP contribution >= 0.6 is 7.82 Å². The lowest BCUT2D eigenvalue weighted by Crippen LogP contribution is -2.37. The first-order valence-electron chi connectivity index (χ1n) is 27.4. The molecule has 0 amide bonds. The van der Waals surface area contributed by atoms with Crippen LogP contribution < -0.4 is 0 Å². The molecule has 0 saturated carbocycles. The molecule has 0 fully saturated rings. The largest absolute Gasteiger partial charge is 0.472 e. The Bertz CT molecular complexity index is 1660. The second kappa shape index (κ2) is 51.1. The number of likely N-dealkylation sites (N-methyl/N-ethyl adjacent to an activating group) is 1.